The number of hydrogen-bond acceptors (Lipinski definition) is 2. The second-order valence-corrected chi connectivity index (χ2v) is 9.00. The topological polar surface area (TPSA) is 40.5 Å². The minimum Gasteiger partial charge on any atom is -0.390 e. The summed E-state index contributed by atoms with van der Waals surface area (Å²) in [6, 6.07) is 0. The van der Waals surface area contributed by atoms with Gasteiger partial charge in [-0.15, -0.1) is 0 Å². The first-order valence-corrected chi connectivity index (χ1v) is 9.70. The van der Waals surface area contributed by atoms with E-state index in [1.54, 1.807) is 0 Å². The molecule has 0 amide bonds. The third kappa shape index (κ3) is 4.26. The van der Waals surface area contributed by atoms with Gasteiger partial charge < -0.3 is 10.2 Å². The van der Waals surface area contributed by atoms with Gasteiger partial charge in [-0.05, 0) is 62.2 Å². The fraction of sp³-hybridized carbons (Fsp3) is 1.00. The van der Waals surface area contributed by atoms with Crippen LogP contribution in [0.15, 0.2) is 0 Å². The van der Waals surface area contributed by atoms with Crippen LogP contribution in [-0.2, 0) is 0 Å². The molecule has 0 aromatic rings. The lowest BCUT2D eigenvalue weighted by Gasteiger charge is -2.42. The summed E-state index contributed by atoms with van der Waals surface area (Å²) >= 11 is 0. The fourth-order valence-corrected chi connectivity index (χ4v) is 4.94. The Hall–Kier alpha value is -0.0800. The van der Waals surface area contributed by atoms with Gasteiger partial charge in [-0.25, -0.2) is 0 Å². The summed E-state index contributed by atoms with van der Waals surface area (Å²) in [7, 11) is 0. The zero-order valence-corrected chi connectivity index (χ0v) is 15.3. The van der Waals surface area contributed by atoms with Gasteiger partial charge in [0.2, 0.25) is 0 Å². The van der Waals surface area contributed by atoms with Gasteiger partial charge in [0.1, 0.15) is 0 Å². The van der Waals surface area contributed by atoms with Crippen LogP contribution in [0.2, 0.25) is 0 Å². The Labute approximate surface area is 137 Å². The first-order chi connectivity index (χ1) is 10.3. The summed E-state index contributed by atoms with van der Waals surface area (Å²) in [6.07, 6.45) is 11.1. The van der Waals surface area contributed by atoms with E-state index in [0.29, 0.717) is 23.7 Å². The molecule has 2 rings (SSSR count). The second kappa shape index (κ2) is 7.21. The van der Waals surface area contributed by atoms with E-state index in [4.69, 9.17) is 0 Å². The molecule has 22 heavy (non-hydrogen) atoms. The first kappa shape index (κ1) is 18.3. The second-order valence-electron chi connectivity index (χ2n) is 9.00. The fourth-order valence-electron chi connectivity index (χ4n) is 4.94. The quantitative estimate of drug-likeness (QED) is 0.756. The Morgan fingerprint density at radius 2 is 1.59 bits per heavy atom. The van der Waals surface area contributed by atoms with E-state index in [1.807, 2.05) is 0 Å². The molecule has 2 nitrogen and oxygen atoms in total. The van der Waals surface area contributed by atoms with E-state index < -0.39 is 11.2 Å². The molecule has 0 aliphatic heterocycles. The van der Waals surface area contributed by atoms with E-state index in [1.165, 1.54) is 25.7 Å². The van der Waals surface area contributed by atoms with Crippen molar-refractivity contribution in [1.82, 2.24) is 0 Å². The summed E-state index contributed by atoms with van der Waals surface area (Å²) < 4.78 is 0. The standard InChI is InChI=1S/C20H38O2/c1-15(2)19(21)11-6-8-18(14-19)10-9-17(4)20(22)12-5-7-16(3)13-20/h15-18,21-22H,5-14H2,1-4H3/t16-,17?,18?,19+,20-/m1/s1. The van der Waals surface area contributed by atoms with Crippen LogP contribution in [-0.4, -0.2) is 21.4 Å². The van der Waals surface area contributed by atoms with Gasteiger partial charge in [-0.3, -0.25) is 0 Å². The maximum absolute atomic E-state index is 11.0. The summed E-state index contributed by atoms with van der Waals surface area (Å²) in [5, 5.41) is 21.8. The van der Waals surface area contributed by atoms with E-state index in [-0.39, 0.29) is 0 Å². The maximum Gasteiger partial charge on any atom is 0.0675 e. The molecule has 2 aliphatic rings. The molecular formula is C20H38O2. The van der Waals surface area contributed by atoms with E-state index >= 15 is 0 Å². The summed E-state index contributed by atoms with van der Waals surface area (Å²) in [5.41, 5.74) is -0.872. The number of rotatable bonds is 5. The van der Waals surface area contributed by atoms with Crippen LogP contribution in [0.3, 0.4) is 0 Å². The molecule has 0 aromatic carbocycles. The molecule has 0 saturated heterocycles. The summed E-state index contributed by atoms with van der Waals surface area (Å²) in [5.74, 6) is 2.07. The normalized spacial score (nSPS) is 41.6. The highest BCUT2D eigenvalue weighted by atomic mass is 16.3. The van der Waals surface area contributed by atoms with Crippen molar-refractivity contribution in [3.63, 3.8) is 0 Å². The maximum atomic E-state index is 11.0. The Kier molecular flexibility index (Phi) is 5.99. The molecule has 0 spiro atoms. The summed E-state index contributed by atoms with van der Waals surface area (Å²) in [4.78, 5) is 0. The average Bonchev–Trinajstić information content (AvgIpc) is 2.44. The zero-order chi connectivity index (χ0) is 16.4. The number of aliphatic hydroxyl groups is 2. The largest absolute Gasteiger partial charge is 0.390 e. The predicted molar refractivity (Wildman–Crippen MR) is 92.7 cm³/mol. The van der Waals surface area contributed by atoms with Crippen molar-refractivity contribution >= 4 is 0 Å². The third-order valence-corrected chi connectivity index (χ3v) is 6.87. The van der Waals surface area contributed by atoms with Crippen LogP contribution in [0.5, 0.6) is 0 Å². The molecule has 2 heteroatoms. The van der Waals surface area contributed by atoms with Crippen LogP contribution < -0.4 is 0 Å². The molecule has 2 aliphatic carbocycles. The van der Waals surface area contributed by atoms with E-state index in [9.17, 15) is 10.2 Å². The van der Waals surface area contributed by atoms with Crippen molar-refractivity contribution in [1.29, 1.82) is 0 Å². The van der Waals surface area contributed by atoms with Crippen molar-refractivity contribution in [3.05, 3.63) is 0 Å². The zero-order valence-electron chi connectivity index (χ0n) is 15.3. The highest BCUT2D eigenvalue weighted by Gasteiger charge is 2.39. The Balaban J connectivity index is 1.84. The van der Waals surface area contributed by atoms with Crippen LogP contribution in [0.4, 0.5) is 0 Å². The molecule has 5 atom stereocenters. The smallest absolute Gasteiger partial charge is 0.0675 e. The van der Waals surface area contributed by atoms with Crippen molar-refractivity contribution < 1.29 is 10.2 Å². The number of hydrogen-bond donors (Lipinski definition) is 2. The van der Waals surface area contributed by atoms with Crippen LogP contribution in [0, 0.1) is 23.7 Å². The molecule has 2 fully saturated rings. The van der Waals surface area contributed by atoms with Gasteiger partial charge in [0.05, 0.1) is 11.2 Å². The van der Waals surface area contributed by atoms with Gasteiger partial charge >= 0.3 is 0 Å². The van der Waals surface area contributed by atoms with Crippen molar-refractivity contribution in [2.24, 2.45) is 23.7 Å². The van der Waals surface area contributed by atoms with Crippen LogP contribution in [0.1, 0.15) is 91.9 Å². The minimum atomic E-state index is -0.442. The van der Waals surface area contributed by atoms with Gasteiger partial charge in [0, 0.05) is 0 Å². The lowest BCUT2D eigenvalue weighted by atomic mass is 9.68. The van der Waals surface area contributed by atoms with Gasteiger partial charge in [-0.1, -0.05) is 53.4 Å². The SMILES string of the molecule is CC(C)[C@]1(O)CCCC(CCC(C)[C@@]2(O)CCC[C@@H](C)C2)C1. The highest BCUT2D eigenvalue weighted by Crippen LogP contribution is 2.42. The van der Waals surface area contributed by atoms with Crippen molar-refractivity contribution in [2.75, 3.05) is 0 Å². The summed E-state index contributed by atoms with van der Waals surface area (Å²) in [6.45, 7) is 8.82. The Bertz CT molecular complexity index is 354. The van der Waals surface area contributed by atoms with Gasteiger partial charge in [0.15, 0.2) is 0 Å². The van der Waals surface area contributed by atoms with Gasteiger partial charge in [0.25, 0.3) is 0 Å². The van der Waals surface area contributed by atoms with E-state index in [2.05, 4.69) is 27.7 Å². The molecule has 0 aromatic heterocycles. The van der Waals surface area contributed by atoms with E-state index in [0.717, 1.165) is 38.5 Å². The highest BCUT2D eigenvalue weighted by molar-refractivity contribution is 4.92. The molecular weight excluding hydrogens is 272 g/mol. The Morgan fingerprint density at radius 1 is 0.955 bits per heavy atom. The lowest BCUT2D eigenvalue weighted by molar-refractivity contribution is -0.0699. The first-order valence-electron chi connectivity index (χ1n) is 9.70. The molecule has 130 valence electrons. The minimum absolute atomic E-state index is 0.358. The van der Waals surface area contributed by atoms with Crippen molar-refractivity contribution in [2.45, 2.75) is 103 Å². The molecule has 2 saturated carbocycles. The van der Waals surface area contributed by atoms with Crippen LogP contribution >= 0.6 is 0 Å². The molecule has 2 N–H and O–H groups in total. The van der Waals surface area contributed by atoms with Crippen molar-refractivity contribution in [3.8, 4) is 0 Å². The van der Waals surface area contributed by atoms with Gasteiger partial charge in [-0.2, -0.15) is 0 Å². The average molecular weight is 311 g/mol. The monoisotopic (exact) mass is 310 g/mol. The molecule has 0 heterocycles. The third-order valence-electron chi connectivity index (χ3n) is 6.87. The molecule has 2 unspecified atom stereocenters. The lowest BCUT2D eigenvalue weighted by Crippen LogP contribution is -2.42. The predicted octanol–water partition coefficient (Wildman–Crippen LogP) is 4.92. The molecule has 0 radical (unpaired) electrons. The molecule has 0 bridgehead atoms. The Morgan fingerprint density at radius 3 is 2.23 bits per heavy atom. The van der Waals surface area contributed by atoms with Crippen LogP contribution in [0.25, 0.3) is 0 Å².